The Morgan fingerprint density at radius 1 is 1.00 bits per heavy atom. The summed E-state index contributed by atoms with van der Waals surface area (Å²) >= 11 is 0. The van der Waals surface area contributed by atoms with Crippen LogP contribution in [0.1, 0.15) is 62.2 Å². The van der Waals surface area contributed by atoms with Crippen LogP contribution < -0.4 is 4.74 Å². The molecule has 1 N–H and O–H groups in total. The van der Waals surface area contributed by atoms with E-state index in [1.807, 2.05) is 42.6 Å². The van der Waals surface area contributed by atoms with Gasteiger partial charge in [0.1, 0.15) is 18.1 Å². The Kier molecular flexibility index (Phi) is 6.80. The van der Waals surface area contributed by atoms with Crippen molar-refractivity contribution in [3.8, 4) is 5.75 Å². The minimum Gasteiger partial charge on any atom is -0.493 e. The van der Waals surface area contributed by atoms with Crippen LogP contribution in [-0.2, 0) is 12.1 Å². The molecule has 2 atom stereocenters. The van der Waals surface area contributed by atoms with E-state index in [1.165, 1.54) is 31.4 Å². The Morgan fingerprint density at radius 2 is 1.78 bits per heavy atom. The number of rotatable bonds is 8. The number of hydrogen-bond acceptors (Lipinski definition) is 4. The fourth-order valence-electron chi connectivity index (χ4n) is 7.24. The molecule has 6 heteroatoms. The third-order valence-corrected chi connectivity index (χ3v) is 9.28. The van der Waals surface area contributed by atoms with Gasteiger partial charge in [-0.2, -0.15) is 0 Å². The van der Waals surface area contributed by atoms with Crippen molar-refractivity contribution in [2.24, 2.45) is 17.8 Å². The van der Waals surface area contributed by atoms with Gasteiger partial charge in [-0.05, 0) is 36.5 Å². The second kappa shape index (κ2) is 10.2. The predicted octanol–water partition coefficient (Wildman–Crippen LogP) is 6.07. The first-order valence-corrected chi connectivity index (χ1v) is 14.0. The smallest absolute Gasteiger partial charge is 0.231 e. The third kappa shape index (κ3) is 4.94. The molecule has 1 aromatic heterocycles. The molecule has 3 saturated heterocycles. The lowest BCUT2D eigenvalue weighted by Gasteiger charge is -2.52. The molecule has 1 aliphatic carbocycles. The van der Waals surface area contributed by atoms with Crippen molar-refractivity contribution < 1.29 is 23.1 Å². The van der Waals surface area contributed by atoms with Gasteiger partial charge in [0.15, 0.2) is 11.4 Å². The number of aromatic nitrogens is 1. The highest BCUT2D eigenvalue weighted by atomic mass is 19.1. The Hall–Kier alpha value is -2.70. The largest absolute Gasteiger partial charge is 0.493 e. The number of hydrogen-bond donors (Lipinski definition) is 1. The number of halogens is 1. The zero-order valence-corrected chi connectivity index (χ0v) is 21.5. The van der Waals surface area contributed by atoms with Gasteiger partial charge in [0.2, 0.25) is 5.89 Å². The van der Waals surface area contributed by atoms with E-state index in [9.17, 15) is 9.50 Å². The fraction of sp³-hybridized carbons (Fsp3) is 0.516. The molecule has 3 aromatic rings. The third-order valence-electron chi connectivity index (χ3n) is 9.28. The maximum Gasteiger partial charge on any atom is 0.231 e. The quantitative estimate of drug-likeness (QED) is 0.378. The SMILES string of the molecule is O[C@](c1ccccc1)(c1ncc(C[N+]23CCC(CC2)C(COc2cccc(F)c2)C3)o1)C1CCCCC1. The van der Waals surface area contributed by atoms with E-state index in [1.54, 1.807) is 6.07 Å². The molecule has 4 fully saturated rings. The van der Waals surface area contributed by atoms with Gasteiger partial charge < -0.3 is 18.7 Å². The van der Waals surface area contributed by atoms with E-state index in [4.69, 9.17) is 14.1 Å². The van der Waals surface area contributed by atoms with Crippen LogP contribution in [0.4, 0.5) is 4.39 Å². The van der Waals surface area contributed by atoms with Crippen LogP contribution in [0.2, 0.25) is 0 Å². The van der Waals surface area contributed by atoms with Gasteiger partial charge in [0.25, 0.3) is 0 Å². The molecule has 0 spiro atoms. The summed E-state index contributed by atoms with van der Waals surface area (Å²) in [6.07, 6.45) is 9.65. The number of aliphatic hydroxyl groups is 1. The molecule has 196 valence electrons. The number of benzene rings is 2. The summed E-state index contributed by atoms with van der Waals surface area (Å²) in [5.74, 6) is 2.84. The summed E-state index contributed by atoms with van der Waals surface area (Å²) < 4.78 is 27.0. The topological polar surface area (TPSA) is 55.5 Å². The van der Waals surface area contributed by atoms with Crippen LogP contribution in [-0.4, -0.2) is 40.8 Å². The van der Waals surface area contributed by atoms with Crippen LogP contribution in [0.15, 0.2) is 65.2 Å². The standard InChI is InChI=1S/C31H38FN2O3/c32-27-12-7-13-28(18-27)36-22-24-20-34(16-14-23(24)15-17-34)21-29-19-33-30(37-29)31(35,25-8-3-1-4-9-25)26-10-5-2-6-11-26/h1,3-4,7-9,12-13,18-19,23-24,26,35H,2,5-6,10-11,14-17,20-22H2/q+1/t23?,24?,31-,34?/m0/s1. The zero-order valence-electron chi connectivity index (χ0n) is 21.5. The van der Waals surface area contributed by atoms with Crippen LogP contribution in [0.25, 0.3) is 0 Å². The zero-order chi connectivity index (χ0) is 25.3. The van der Waals surface area contributed by atoms with Crippen LogP contribution in [0.5, 0.6) is 5.75 Å². The summed E-state index contributed by atoms with van der Waals surface area (Å²) in [4.78, 5) is 4.70. The number of quaternary nitrogens is 1. The highest BCUT2D eigenvalue weighted by molar-refractivity contribution is 5.30. The average molecular weight is 506 g/mol. The van der Waals surface area contributed by atoms with E-state index < -0.39 is 5.60 Å². The van der Waals surface area contributed by atoms with E-state index >= 15 is 0 Å². The molecule has 3 aliphatic heterocycles. The van der Waals surface area contributed by atoms with Crippen molar-refractivity contribution in [1.82, 2.24) is 4.98 Å². The highest BCUT2D eigenvalue weighted by Gasteiger charge is 2.48. The normalized spacial score (nSPS) is 27.6. The Morgan fingerprint density at radius 3 is 2.54 bits per heavy atom. The van der Waals surface area contributed by atoms with Gasteiger partial charge in [0, 0.05) is 30.7 Å². The number of fused-ring (bicyclic) bond motifs is 3. The molecule has 5 nitrogen and oxygen atoms in total. The maximum atomic E-state index is 13.6. The van der Waals surface area contributed by atoms with Crippen molar-refractivity contribution >= 4 is 0 Å². The minimum absolute atomic E-state index is 0.109. The predicted molar refractivity (Wildman–Crippen MR) is 139 cm³/mol. The monoisotopic (exact) mass is 505 g/mol. The van der Waals surface area contributed by atoms with Crippen LogP contribution in [0.3, 0.4) is 0 Å². The summed E-state index contributed by atoms with van der Waals surface area (Å²) in [6, 6.07) is 16.4. The lowest BCUT2D eigenvalue weighted by Crippen LogP contribution is -2.62. The first kappa shape index (κ1) is 24.6. The van der Waals surface area contributed by atoms with E-state index in [2.05, 4.69) is 0 Å². The van der Waals surface area contributed by atoms with Gasteiger partial charge >= 0.3 is 0 Å². The Bertz CT molecular complexity index is 1180. The van der Waals surface area contributed by atoms with E-state index in [0.29, 0.717) is 30.1 Å². The average Bonchev–Trinajstić information content (AvgIpc) is 3.41. The van der Waals surface area contributed by atoms with Gasteiger partial charge in [-0.3, -0.25) is 0 Å². The molecule has 4 aliphatic rings. The molecular formula is C31H38FN2O3+. The minimum atomic E-state index is -1.20. The lowest BCUT2D eigenvalue weighted by molar-refractivity contribution is -0.960. The first-order chi connectivity index (χ1) is 18.0. The molecular weight excluding hydrogens is 467 g/mol. The molecule has 0 radical (unpaired) electrons. The van der Waals surface area contributed by atoms with Crippen molar-refractivity contribution in [2.75, 3.05) is 26.2 Å². The molecule has 2 bridgehead atoms. The van der Waals surface area contributed by atoms with Crippen molar-refractivity contribution in [3.63, 3.8) is 0 Å². The molecule has 37 heavy (non-hydrogen) atoms. The molecule has 4 heterocycles. The van der Waals surface area contributed by atoms with Crippen LogP contribution in [0, 0.1) is 23.6 Å². The lowest BCUT2D eigenvalue weighted by atomic mass is 9.73. The summed E-state index contributed by atoms with van der Waals surface area (Å²) in [6.45, 7) is 4.68. The summed E-state index contributed by atoms with van der Waals surface area (Å²) in [7, 11) is 0. The number of ether oxygens (including phenoxy) is 1. The summed E-state index contributed by atoms with van der Waals surface area (Å²) in [5.41, 5.74) is -0.327. The molecule has 1 unspecified atom stereocenters. The van der Waals surface area contributed by atoms with Gasteiger partial charge in [-0.1, -0.05) is 55.7 Å². The summed E-state index contributed by atoms with van der Waals surface area (Å²) in [5, 5.41) is 12.2. The second-order valence-electron chi connectivity index (χ2n) is 11.6. The van der Waals surface area contributed by atoms with E-state index in [-0.39, 0.29) is 11.7 Å². The Labute approximate surface area is 218 Å². The van der Waals surface area contributed by atoms with Crippen molar-refractivity contribution in [1.29, 1.82) is 0 Å². The first-order valence-electron chi connectivity index (χ1n) is 14.0. The van der Waals surface area contributed by atoms with Gasteiger partial charge in [0.05, 0.1) is 32.4 Å². The number of piperidine rings is 3. The number of oxazole rings is 1. The highest BCUT2D eigenvalue weighted by Crippen LogP contribution is 2.44. The molecule has 1 saturated carbocycles. The fourth-order valence-corrected chi connectivity index (χ4v) is 7.24. The maximum absolute atomic E-state index is 13.6. The number of nitrogens with zero attached hydrogens (tertiary/aromatic N) is 2. The molecule has 0 amide bonds. The molecule has 2 aromatic carbocycles. The van der Waals surface area contributed by atoms with Crippen molar-refractivity contribution in [2.45, 2.75) is 57.1 Å². The second-order valence-corrected chi connectivity index (χ2v) is 11.6. The van der Waals surface area contributed by atoms with Gasteiger partial charge in [-0.25, -0.2) is 9.37 Å². The molecule has 7 rings (SSSR count). The van der Waals surface area contributed by atoms with Crippen LogP contribution >= 0.6 is 0 Å². The van der Waals surface area contributed by atoms with Crippen molar-refractivity contribution in [3.05, 3.63) is 83.8 Å². The van der Waals surface area contributed by atoms with Gasteiger partial charge in [-0.15, -0.1) is 0 Å². The Balaban J connectivity index is 1.19. The van der Waals surface area contributed by atoms with E-state index in [0.717, 1.165) is 67.7 Å².